The number of ether oxygens (including phenoxy) is 1. The van der Waals surface area contributed by atoms with Crippen molar-refractivity contribution >= 4 is 60.7 Å². The number of amides is 1. The minimum atomic E-state index is -4.33. The Bertz CT molecular complexity index is 1670. The Kier molecular flexibility index (Phi) is 8.18. The van der Waals surface area contributed by atoms with Crippen LogP contribution in [0.15, 0.2) is 71.9 Å². The highest BCUT2D eigenvalue weighted by molar-refractivity contribution is 7.92. The van der Waals surface area contributed by atoms with Gasteiger partial charge in [-0.05, 0) is 68.6 Å². The molecule has 1 atom stereocenters. The van der Waals surface area contributed by atoms with Crippen LogP contribution in [-0.4, -0.2) is 47.7 Å². The first-order valence-electron chi connectivity index (χ1n) is 12.0. The van der Waals surface area contributed by atoms with Crippen LogP contribution in [0.2, 0.25) is 5.02 Å². The Morgan fingerprint density at radius 2 is 1.88 bits per heavy atom. The number of aliphatic carboxylic acids is 1. The molecule has 210 valence electrons. The first-order chi connectivity index (χ1) is 18.7. The Labute approximate surface area is 240 Å². The summed E-state index contributed by atoms with van der Waals surface area (Å²) in [7, 11) is -4.33. The molecule has 0 saturated heterocycles. The lowest BCUT2D eigenvalue weighted by molar-refractivity contribution is -0.135. The fourth-order valence-electron chi connectivity index (χ4n) is 3.95. The lowest BCUT2D eigenvalue weighted by Crippen LogP contribution is -2.48. The van der Waals surface area contributed by atoms with Gasteiger partial charge in [-0.15, -0.1) is 11.3 Å². The van der Waals surface area contributed by atoms with Crippen molar-refractivity contribution in [3.63, 3.8) is 0 Å². The number of rotatable bonds is 8. The molecule has 0 bridgehead atoms. The number of carboxylic acids is 1. The molecule has 1 amide bonds. The minimum absolute atomic E-state index is 0.0942. The molecule has 0 aliphatic heterocycles. The normalized spacial score (nSPS) is 13.5. The molecule has 3 heterocycles. The van der Waals surface area contributed by atoms with Gasteiger partial charge < -0.3 is 15.6 Å². The number of aromatic nitrogens is 2. The number of pyridine rings is 2. The average Bonchev–Trinajstić information content (AvgIpc) is 3.27. The minimum Gasteiger partial charge on any atom is -0.480 e. The van der Waals surface area contributed by atoms with Crippen molar-refractivity contribution < 1.29 is 27.9 Å². The molecule has 3 aromatic heterocycles. The van der Waals surface area contributed by atoms with E-state index in [1.807, 2.05) is 12.1 Å². The second-order valence-corrected chi connectivity index (χ2v) is 13.8. The molecule has 0 fully saturated rings. The number of carboxylic acid groups (broad SMARTS) is 1. The number of halogens is 1. The third kappa shape index (κ3) is 6.25. The zero-order valence-corrected chi connectivity index (χ0v) is 24.3. The summed E-state index contributed by atoms with van der Waals surface area (Å²) in [5.41, 5.74) is 5.80. The van der Waals surface area contributed by atoms with Gasteiger partial charge in [0.1, 0.15) is 18.0 Å². The highest BCUT2D eigenvalue weighted by atomic mass is 35.5. The molecule has 10 nitrogen and oxygen atoms in total. The van der Waals surface area contributed by atoms with Crippen LogP contribution in [-0.2, 0) is 30.7 Å². The molecule has 40 heavy (non-hydrogen) atoms. The van der Waals surface area contributed by atoms with Crippen molar-refractivity contribution in [2.45, 2.75) is 42.6 Å². The van der Waals surface area contributed by atoms with Crippen molar-refractivity contribution in [2.75, 3.05) is 11.4 Å². The van der Waals surface area contributed by atoms with E-state index in [1.165, 1.54) is 54.1 Å². The number of sulfone groups is 1. The van der Waals surface area contributed by atoms with Crippen LogP contribution in [0.1, 0.15) is 31.3 Å². The fourth-order valence-corrected chi connectivity index (χ4v) is 7.09. The molecule has 3 N–H and O–H groups in total. The van der Waals surface area contributed by atoms with Gasteiger partial charge in [-0.1, -0.05) is 23.7 Å². The van der Waals surface area contributed by atoms with Gasteiger partial charge in [-0.25, -0.2) is 18.2 Å². The van der Waals surface area contributed by atoms with Crippen LogP contribution in [0.4, 0.5) is 10.6 Å². The predicted molar refractivity (Wildman–Crippen MR) is 153 cm³/mol. The summed E-state index contributed by atoms with van der Waals surface area (Å²) < 4.78 is 34.4. The zero-order chi connectivity index (χ0) is 29.3. The Hall–Kier alpha value is -3.58. The topological polar surface area (TPSA) is 153 Å². The van der Waals surface area contributed by atoms with E-state index in [0.29, 0.717) is 9.90 Å². The van der Waals surface area contributed by atoms with Gasteiger partial charge in [0.05, 0.1) is 10.6 Å². The van der Waals surface area contributed by atoms with Gasteiger partial charge in [0.15, 0.2) is 4.87 Å². The molecule has 0 saturated carbocycles. The molecule has 4 rings (SSSR count). The highest BCUT2D eigenvalue weighted by Gasteiger charge is 2.45. The van der Waals surface area contributed by atoms with Crippen molar-refractivity contribution in [1.29, 1.82) is 0 Å². The van der Waals surface area contributed by atoms with Crippen molar-refractivity contribution in [3.05, 3.63) is 82.6 Å². The average molecular weight is 603 g/mol. The highest BCUT2D eigenvalue weighted by Crippen LogP contribution is 2.38. The van der Waals surface area contributed by atoms with E-state index in [4.69, 9.17) is 22.1 Å². The summed E-state index contributed by atoms with van der Waals surface area (Å²) in [4.78, 5) is 32.1. The summed E-state index contributed by atoms with van der Waals surface area (Å²) in [5.74, 6) is -1.45. The number of hydrogen-bond acceptors (Lipinski definition) is 9. The Morgan fingerprint density at radius 3 is 2.52 bits per heavy atom. The maximum absolute atomic E-state index is 14.1. The fraction of sp³-hybridized carbons (Fsp3) is 0.259. The number of nitrogens with two attached hydrogens (primary N) is 1. The molecular formula is C27H27ClN4O6S2. The molecular weight excluding hydrogens is 576 g/mol. The molecule has 0 aliphatic rings. The summed E-state index contributed by atoms with van der Waals surface area (Å²) >= 11 is 7.48. The summed E-state index contributed by atoms with van der Waals surface area (Å²) in [5, 5.41) is 10.9. The quantitative estimate of drug-likeness (QED) is 0.284. The SMILES string of the molecule is CC(C)(C)OC(=O)N(CC(=O)O)c1cccc(C(N)(Cc2cc3ccc(Cl)cc3s2)S(=O)(=O)c2cccnc2)n1. The van der Waals surface area contributed by atoms with Crippen LogP contribution in [0.25, 0.3) is 10.1 Å². The van der Waals surface area contributed by atoms with Gasteiger partial charge in [0.2, 0.25) is 9.84 Å². The lowest BCUT2D eigenvalue weighted by atomic mass is 10.1. The molecule has 0 spiro atoms. The lowest BCUT2D eigenvalue weighted by Gasteiger charge is -2.30. The van der Waals surface area contributed by atoms with E-state index < -0.39 is 38.9 Å². The standard InChI is InChI=1S/C27H27ClN4O6S2/c1-26(2,3)38-25(35)32(16-24(33)34)23-8-4-7-22(31-23)27(29,40(36,37)20-6-5-11-30-15-20)14-19-12-17-9-10-18(28)13-21(17)39-19/h4-13,15H,14,16,29H2,1-3H3,(H,33,34). The van der Waals surface area contributed by atoms with E-state index in [-0.39, 0.29) is 22.8 Å². The van der Waals surface area contributed by atoms with Crippen LogP contribution in [0.3, 0.4) is 0 Å². The smallest absolute Gasteiger partial charge is 0.416 e. The Balaban J connectivity index is 1.86. The van der Waals surface area contributed by atoms with Crippen LogP contribution in [0.5, 0.6) is 0 Å². The van der Waals surface area contributed by atoms with Gasteiger partial charge in [0.25, 0.3) is 0 Å². The monoisotopic (exact) mass is 602 g/mol. The zero-order valence-electron chi connectivity index (χ0n) is 21.9. The molecule has 13 heteroatoms. The number of hydrogen-bond donors (Lipinski definition) is 2. The number of carbonyl (C=O) groups is 2. The molecule has 1 aromatic carbocycles. The second kappa shape index (κ2) is 11.1. The number of anilines is 1. The third-order valence-corrected chi connectivity index (χ3v) is 9.25. The maximum Gasteiger partial charge on any atom is 0.416 e. The second-order valence-electron chi connectivity index (χ2n) is 9.99. The largest absolute Gasteiger partial charge is 0.480 e. The molecule has 1 unspecified atom stereocenters. The Morgan fingerprint density at radius 1 is 1.12 bits per heavy atom. The number of carbonyl (C=O) groups excluding carboxylic acids is 1. The number of benzene rings is 1. The third-order valence-electron chi connectivity index (χ3n) is 5.75. The summed E-state index contributed by atoms with van der Waals surface area (Å²) in [6.45, 7) is 4.14. The van der Waals surface area contributed by atoms with Crippen LogP contribution >= 0.6 is 22.9 Å². The molecule has 0 radical (unpaired) electrons. The van der Waals surface area contributed by atoms with Gasteiger partial charge in [-0.2, -0.15) is 0 Å². The maximum atomic E-state index is 14.1. The summed E-state index contributed by atoms with van der Waals surface area (Å²) in [6.07, 6.45) is 1.50. The van der Waals surface area contributed by atoms with Crippen molar-refractivity contribution in [1.82, 2.24) is 9.97 Å². The van der Waals surface area contributed by atoms with E-state index in [9.17, 15) is 23.1 Å². The van der Waals surface area contributed by atoms with Crippen molar-refractivity contribution in [3.8, 4) is 0 Å². The molecule has 4 aromatic rings. The van der Waals surface area contributed by atoms with Crippen molar-refractivity contribution in [2.24, 2.45) is 5.73 Å². The molecule has 0 aliphatic carbocycles. The van der Waals surface area contributed by atoms with E-state index >= 15 is 0 Å². The van der Waals surface area contributed by atoms with E-state index in [0.717, 1.165) is 15.0 Å². The van der Waals surface area contributed by atoms with Gasteiger partial charge in [-0.3, -0.25) is 14.7 Å². The number of fused-ring (bicyclic) bond motifs is 1. The van der Waals surface area contributed by atoms with Crippen LogP contribution < -0.4 is 10.6 Å². The van der Waals surface area contributed by atoms with Gasteiger partial charge in [0, 0.05) is 33.4 Å². The predicted octanol–water partition coefficient (Wildman–Crippen LogP) is 5.00. The number of thiophene rings is 1. The van der Waals surface area contributed by atoms with E-state index in [1.54, 1.807) is 32.9 Å². The van der Waals surface area contributed by atoms with E-state index in [2.05, 4.69) is 9.97 Å². The number of nitrogens with zero attached hydrogens (tertiary/aromatic N) is 3. The van der Waals surface area contributed by atoms with Crippen LogP contribution in [0, 0.1) is 0 Å². The first-order valence-corrected chi connectivity index (χ1v) is 14.7. The summed E-state index contributed by atoms with van der Waals surface area (Å²) in [6, 6.07) is 14.3. The first kappa shape index (κ1) is 29.4. The van der Waals surface area contributed by atoms with Gasteiger partial charge >= 0.3 is 12.1 Å².